The molecule has 0 fully saturated rings. The lowest BCUT2D eigenvalue weighted by Gasteiger charge is -2.17. The second-order valence-electron chi connectivity index (χ2n) is 5.41. The summed E-state index contributed by atoms with van der Waals surface area (Å²) in [4.78, 5) is 25.7. The number of amides is 3. The maximum absolute atomic E-state index is 12.2. The lowest BCUT2D eigenvalue weighted by molar-refractivity contribution is 0.102. The van der Waals surface area contributed by atoms with Gasteiger partial charge in [-0.05, 0) is 36.4 Å². The van der Waals surface area contributed by atoms with E-state index in [0.29, 0.717) is 29.2 Å². The van der Waals surface area contributed by atoms with Crippen LogP contribution in [0.4, 0.5) is 16.2 Å². The maximum Gasteiger partial charge on any atom is 0.321 e. The van der Waals surface area contributed by atoms with Gasteiger partial charge in [-0.25, -0.2) is 4.79 Å². The van der Waals surface area contributed by atoms with Crippen molar-refractivity contribution in [3.63, 3.8) is 0 Å². The van der Waals surface area contributed by atoms with E-state index in [1.54, 1.807) is 55.8 Å². The SMILES string of the molecule is CN(Cc1ccco1)C(=O)Nc1cccc(NC(=O)c2ccoc2)c1. The number of nitrogens with one attached hydrogen (secondary N) is 2. The summed E-state index contributed by atoms with van der Waals surface area (Å²) in [5.41, 5.74) is 1.56. The van der Waals surface area contributed by atoms with Crippen molar-refractivity contribution in [1.82, 2.24) is 4.90 Å². The Bertz CT molecular complexity index is 841. The highest BCUT2D eigenvalue weighted by molar-refractivity contribution is 6.04. The molecule has 0 saturated carbocycles. The molecule has 3 amide bonds. The van der Waals surface area contributed by atoms with Crippen LogP contribution in [0, 0.1) is 0 Å². The molecule has 0 bridgehead atoms. The first kappa shape index (κ1) is 16.4. The molecule has 1 aromatic carbocycles. The van der Waals surface area contributed by atoms with Crippen molar-refractivity contribution < 1.29 is 18.4 Å². The summed E-state index contributed by atoms with van der Waals surface area (Å²) in [6.45, 7) is 0.357. The van der Waals surface area contributed by atoms with Gasteiger partial charge >= 0.3 is 6.03 Å². The molecule has 2 N–H and O–H groups in total. The predicted octanol–water partition coefficient (Wildman–Crippen LogP) is 3.79. The second-order valence-corrected chi connectivity index (χ2v) is 5.41. The van der Waals surface area contributed by atoms with Crippen molar-refractivity contribution in [1.29, 1.82) is 0 Å². The number of urea groups is 1. The average Bonchev–Trinajstić information content (AvgIpc) is 3.29. The zero-order valence-corrected chi connectivity index (χ0v) is 13.6. The number of rotatable bonds is 5. The molecule has 3 aromatic rings. The highest BCUT2D eigenvalue weighted by atomic mass is 16.3. The molecule has 3 rings (SSSR count). The quantitative estimate of drug-likeness (QED) is 0.740. The van der Waals surface area contributed by atoms with Crippen molar-refractivity contribution in [2.75, 3.05) is 17.7 Å². The van der Waals surface area contributed by atoms with E-state index in [-0.39, 0.29) is 11.9 Å². The van der Waals surface area contributed by atoms with Gasteiger partial charge in [0.15, 0.2) is 0 Å². The topological polar surface area (TPSA) is 87.7 Å². The molecule has 7 heteroatoms. The first-order valence-electron chi connectivity index (χ1n) is 7.60. The minimum atomic E-state index is -0.285. The van der Waals surface area contributed by atoms with Gasteiger partial charge in [-0.3, -0.25) is 4.79 Å². The zero-order chi connectivity index (χ0) is 17.6. The van der Waals surface area contributed by atoms with Crippen molar-refractivity contribution in [3.8, 4) is 0 Å². The molecule has 0 unspecified atom stereocenters. The molecular weight excluding hydrogens is 322 g/mol. The van der Waals surface area contributed by atoms with Gasteiger partial charge in [0.1, 0.15) is 12.0 Å². The number of benzene rings is 1. The maximum atomic E-state index is 12.2. The van der Waals surface area contributed by atoms with Gasteiger partial charge in [0, 0.05) is 18.4 Å². The minimum Gasteiger partial charge on any atom is -0.472 e. The molecule has 2 aromatic heterocycles. The Morgan fingerprint density at radius 1 is 1.04 bits per heavy atom. The number of hydrogen-bond acceptors (Lipinski definition) is 4. The third-order valence-corrected chi connectivity index (χ3v) is 3.47. The van der Waals surface area contributed by atoms with E-state index in [1.807, 2.05) is 0 Å². The van der Waals surface area contributed by atoms with Crippen LogP contribution in [0.25, 0.3) is 0 Å². The molecule has 0 spiro atoms. The van der Waals surface area contributed by atoms with Gasteiger partial charge in [-0.1, -0.05) is 6.07 Å². The smallest absolute Gasteiger partial charge is 0.321 e. The van der Waals surface area contributed by atoms with E-state index >= 15 is 0 Å². The summed E-state index contributed by atoms with van der Waals surface area (Å²) in [6.07, 6.45) is 4.36. The van der Waals surface area contributed by atoms with Crippen molar-refractivity contribution in [2.45, 2.75) is 6.54 Å². The summed E-state index contributed by atoms with van der Waals surface area (Å²) >= 11 is 0. The third kappa shape index (κ3) is 4.29. The van der Waals surface area contributed by atoms with E-state index in [4.69, 9.17) is 8.83 Å². The van der Waals surface area contributed by atoms with Crippen LogP contribution in [-0.4, -0.2) is 23.9 Å². The van der Waals surface area contributed by atoms with Gasteiger partial charge < -0.3 is 24.4 Å². The summed E-state index contributed by atoms with van der Waals surface area (Å²) in [5, 5.41) is 5.52. The average molecular weight is 339 g/mol. The monoisotopic (exact) mass is 339 g/mol. The van der Waals surface area contributed by atoms with Crippen molar-refractivity contribution in [2.24, 2.45) is 0 Å². The Balaban J connectivity index is 1.61. The van der Waals surface area contributed by atoms with Crippen LogP contribution < -0.4 is 10.6 Å². The number of anilines is 2. The van der Waals surface area contributed by atoms with E-state index in [0.717, 1.165) is 0 Å². The number of furan rings is 2. The van der Waals surface area contributed by atoms with Gasteiger partial charge in [0.25, 0.3) is 5.91 Å². The highest BCUT2D eigenvalue weighted by Gasteiger charge is 2.12. The number of hydrogen-bond donors (Lipinski definition) is 2. The summed E-state index contributed by atoms with van der Waals surface area (Å²) < 4.78 is 10.1. The molecule has 0 aliphatic rings. The van der Waals surface area contributed by atoms with E-state index in [9.17, 15) is 9.59 Å². The summed E-state index contributed by atoms with van der Waals surface area (Å²) in [5.74, 6) is 0.408. The van der Waals surface area contributed by atoms with Crippen LogP contribution in [0.5, 0.6) is 0 Å². The van der Waals surface area contributed by atoms with Crippen LogP contribution >= 0.6 is 0 Å². The summed E-state index contributed by atoms with van der Waals surface area (Å²) in [7, 11) is 1.67. The minimum absolute atomic E-state index is 0.283. The van der Waals surface area contributed by atoms with Crippen molar-refractivity contribution >= 4 is 23.3 Å². The number of nitrogens with zero attached hydrogens (tertiary/aromatic N) is 1. The van der Waals surface area contributed by atoms with E-state index in [1.165, 1.54) is 17.4 Å². The van der Waals surface area contributed by atoms with Crippen LogP contribution in [-0.2, 0) is 6.54 Å². The fourth-order valence-electron chi connectivity index (χ4n) is 2.20. The molecule has 0 saturated heterocycles. The largest absolute Gasteiger partial charge is 0.472 e. The Hall–Kier alpha value is -3.48. The van der Waals surface area contributed by atoms with E-state index in [2.05, 4.69) is 10.6 Å². The Morgan fingerprint density at radius 2 is 1.84 bits per heavy atom. The van der Waals surface area contributed by atoms with Gasteiger partial charge in [-0.15, -0.1) is 0 Å². The standard InChI is InChI=1S/C18H17N3O4/c1-21(11-16-6-3-8-25-16)18(23)20-15-5-2-4-14(10-15)19-17(22)13-7-9-24-12-13/h2-10,12H,11H2,1H3,(H,19,22)(H,20,23). The molecule has 0 radical (unpaired) electrons. The lowest BCUT2D eigenvalue weighted by Crippen LogP contribution is -2.30. The molecule has 2 heterocycles. The third-order valence-electron chi connectivity index (χ3n) is 3.47. The summed E-state index contributed by atoms with van der Waals surface area (Å²) in [6, 6.07) is 11.8. The van der Waals surface area contributed by atoms with Crippen molar-refractivity contribution in [3.05, 3.63) is 72.6 Å². The van der Waals surface area contributed by atoms with Gasteiger partial charge in [0.05, 0.1) is 24.6 Å². The molecule has 25 heavy (non-hydrogen) atoms. The molecule has 128 valence electrons. The first-order chi connectivity index (χ1) is 12.1. The van der Waals surface area contributed by atoms with Gasteiger partial charge in [-0.2, -0.15) is 0 Å². The van der Waals surface area contributed by atoms with Crippen LogP contribution in [0.2, 0.25) is 0 Å². The molecular formula is C18H17N3O4. The normalized spacial score (nSPS) is 10.3. The van der Waals surface area contributed by atoms with Crippen LogP contribution in [0.3, 0.4) is 0 Å². The Kier molecular flexibility index (Phi) is 4.84. The Labute approximate surface area is 144 Å². The second kappa shape index (κ2) is 7.39. The predicted molar refractivity (Wildman–Crippen MR) is 92.3 cm³/mol. The van der Waals surface area contributed by atoms with Crippen LogP contribution in [0.1, 0.15) is 16.1 Å². The number of carbonyl (C=O) groups is 2. The van der Waals surface area contributed by atoms with Crippen LogP contribution in [0.15, 0.2) is 70.1 Å². The highest BCUT2D eigenvalue weighted by Crippen LogP contribution is 2.17. The molecule has 0 atom stereocenters. The lowest BCUT2D eigenvalue weighted by atomic mass is 10.2. The molecule has 0 aliphatic carbocycles. The van der Waals surface area contributed by atoms with E-state index < -0.39 is 0 Å². The zero-order valence-electron chi connectivity index (χ0n) is 13.6. The number of carbonyl (C=O) groups excluding carboxylic acids is 2. The first-order valence-corrected chi connectivity index (χ1v) is 7.60. The fourth-order valence-corrected chi connectivity index (χ4v) is 2.20. The fraction of sp³-hybridized carbons (Fsp3) is 0.111. The molecule has 7 nitrogen and oxygen atoms in total. The Morgan fingerprint density at radius 3 is 2.52 bits per heavy atom. The molecule has 0 aliphatic heterocycles. The van der Waals surface area contributed by atoms with Gasteiger partial charge in [0.2, 0.25) is 0 Å².